The van der Waals surface area contributed by atoms with Crippen molar-refractivity contribution < 1.29 is 9.53 Å². The molecule has 1 aliphatic heterocycles. The van der Waals surface area contributed by atoms with Gasteiger partial charge in [0.1, 0.15) is 11.8 Å². The zero-order valence-electron chi connectivity index (χ0n) is 8.74. The molecule has 0 spiro atoms. The number of aromatic nitrogens is 2. The number of rotatable bonds is 2. The fourth-order valence-corrected chi connectivity index (χ4v) is 2.11. The van der Waals surface area contributed by atoms with Gasteiger partial charge in [0.05, 0.1) is 11.2 Å². The van der Waals surface area contributed by atoms with Crippen molar-refractivity contribution in [2.45, 2.75) is 19.4 Å². The number of nitrogens with zero attached hydrogens (tertiary/aromatic N) is 2. The molecule has 82 valence electrons. The quantitative estimate of drug-likeness (QED) is 0.724. The van der Waals surface area contributed by atoms with Gasteiger partial charge < -0.3 is 4.74 Å². The third-order valence-corrected chi connectivity index (χ3v) is 3.05. The number of hydrogen-bond acceptors (Lipinski definition) is 3. The molecule has 0 N–H and O–H groups in total. The maximum atomic E-state index is 12.1. The highest BCUT2D eigenvalue weighted by molar-refractivity contribution is 6.33. The summed E-state index contributed by atoms with van der Waals surface area (Å²) in [5.41, 5.74) is 0.440. The lowest BCUT2D eigenvalue weighted by molar-refractivity contribution is 0.0570. The number of aryl methyl sites for hydroxylation is 1. The van der Waals surface area contributed by atoms with Crippen LogP contribution in [-0.4, -0.2) is 28.3 Å². The van der Waals surface area contributed by atoms with Gasteiger partial charge in [0.25, 0.3) is 0 Å². The van der Waals surface area contributed by atoms with Gasteiger partial charge in [-0.25, -0.2) is 0 Å². The predicted molar refractivity (Wildman–Crippen MR) is 56.1 cm³/mol. The smallest absolute Gasteiger partial charge is 0.211 e. The second kappa shape index (κ2) is 3.94. The first kappa shape index (κ1) is 10.6. The molecule has 1 aromatic rings. The topological polar surface area (TPSA) is 44.1 Å². The van der Waals surface area contributed by atoms with Gasteiger partial charge in [0.15, 0.2) is 0 Å². The number of Topliss-reactive ketones (excluding diaryl/α,β-unsaturated/α-hetero) is 1. The molecule has 5 heteroatoms. The van der Waals surface area contributed by atoms with E-state index in [4.69, 9.17) is 16.3 Å². The molecule has 0 aromatic carbocycles. The zero-order chi connectivity index (χ0) is 11.0. The van der Waals surface area contributed by atoms with Gasteiger partial charge in [-0.2, -0.15) is 5.10 Å². The molecule has 0 bridgehead atoms. The monoisotopic (exact) mass is 228 g/mol. The number of ether oxygens (including phenoxy) is 1. The van der Waals surface area contributed by atoms with Crippen LogP contribution in [0.2, 0.25) is 5.02 Å². The predicted octanol–water partition coefficient (Wildman–Crippen LogP) is 1.68. The van der Waals surface area contributed by atoms with Crippen molar-refractivity contribution in [3.05, 3.63) is 16.9 Å². The summed E-state index contributed by atoms with van der Waals surface area (Å²) in [7, 11) is 1.71. The molecule has 15 heavy (non-hydrogen) atoms. The average molecular weight is 229 g/mol. The summed E-state index contributed by atoms with van der Waals surface area (Å²) in [6.07, 6.45) is 2.04. The van der Waals surface area contributed by atoms with Gasteiger partial charge in [-0.15, -0.1) is 0 Å². The van der Waals surface area contributed by atoms with Crippen molar-refractivity contribution in [1.82, 2.24) is 9.78 Å². The summed E-state index contributed by atoms with van der Waals surface area (Å²) >= 11 is 5.91. The second-order valence-electron chi connectivity index (χ2n) is 3.89. The van der Waals surface area contributed by atoms with Crippen molar-refractivity contribution in [1.29, 1.82) is 0 Å². The Kier molecular flexibility index (Phi) is 2.80. The van der Waals surface area contributed by atoms with E-state index in [0.29, 0.717) is 17.3 Å². The van der Waals surface area contributed by atoms with Crippen LogP contribution in [0.15, 0.2) is 6.20 Å². The van der Waals surface area contributed by atoms with E-state index in [1.54, 1.807) is 7.05 Å². The van der Waals surface area contributed by atoms with Gasteiger partial charge in [-0.3, -0.25) is 9.48 Å². The Labute approximate surface area is 93.2 Å². The molecule has 2 unspecified atom stereocenters. The van der Waals surface area contributed by atoms with E-state index in [-0.39, 0.29) is 17.8 Å². The van der Waals surface area contributed by atoms with Crippen LogP contribution in [0.3, 0.4) is 0 Å². The first-order valence-corrected chi connectivity index (χ1v) is 5.32. The van der Waals surface area contributed by atoms with E-state index in [2.05, 4.69) is 5.10 Å². The Hall–Kier alpha value is -0.870. The van der Waals surface area contributed by atoms with Crippen molar-refractivity contribution >= 4 is 17.4 Å². The van der Waals surface area contributed by atoms with E-state index in [1.807, 2.05) is 6.92 Å². The third kappa shape index (κ3) is 1.79. The molecule has 0 saturated carbocycles. The minimum Gasteiger partial charge on any atom is -0.370 e. The molecule has 2 heterocycles. The molecule has 1 fully saturated rings. The Morgan fingerprint density at radius 2 is 2.47 bits per heavy atom. The van der Waals surface area contributed by atoms with Crippen LogP contribution in [0.25, 0.3) is 0 Å². The summed E-state index contributed by atoms with van der Waals surface area (Å²) < 4.78 is 6.91. The van der Waals surface area contributed by atoms with Crippen molar-refractivity contribution in [3.63, 3.8) is 0 Å². The van der Waals surface area contributed by atoms with E-state index < -0.39 is 0 Å². The molecule has 4 nitrogen and oxygen atoms in total. The third-order valence-electron chi connectivity index (χ3n) is 2.77. The van der Waals surface area contributed by atoms with Crippen molar-refractivity contribution in [2.24, 2.45) is 13.0 Å². The molecule has 1 aliphatic rings. The number of hydrogen-bond donors (Lipinski definition) is 0. The largest absolute Gasteiger partial charge is 0.370 e. The van der Waals surface area contributed by atoms with Crippen LogP contribution < -0.4 is 0 Å². The Morgan fingerprint density at radius 3 is 2.93 bits per heavy atom. The lowest BCUT2D eigenvalue weighted by atomic mass is 9.99. The van der Waals surface area contributed by atoms with Crippen LogP contribution in [0, 0.1) is 5.92 Å². The summed E-state index contributed by atoms with van der Waals surface area (Å²) in [6.45, 7) is 2.66. The van der Waals surface area contributed by atoms with Crippen molar-refractivity contribution in [3.8, 4) is 0 Å². The van der Waals surface area contributed by atoms with E-state index in [0.717, 1.165) is 6.42 Å². The lowest BCUT2D eigenvalue weighted by Crippen LogP contribution is -2.27. The summed E-state index contributed by atoms with van der Waals surface area (Å²) in [6, 6.07) is 0. The molecule has 0 aliphatic carbocycles. The minimum absolute atomic E-state index is 0.0648. The fraction of sp³-hybridized carbons (Fsp3) is 0.600. The van der Waals surface area contributed by atoms with Gasteiger partial charge in [0.2, 0.25) is 5.78 Å². The molecule has 1 aromatic heterocycles. The second-order valence-corrected chi connectivity index (χ2v) is 4.29. The first-order valence-electron chi connectivity index (χ1n) is 4.94. The molecule has 0 radical (unpaired) electrons. The zero-order valence-corrected chi connectivity index (χ0v) is 9.49. The number of carbonyl (C=O) groups is 1. The van der Waals surface area contributed by atoms with Crippen LogP contribution >= 0.6 is 11.6 Å². The number of halogens is 1. The molecule has 2 atom stereocenters. The minimum atomic E-state index is -0.363. The van der Waals surface area contributed by atoms with E-state index in [1.165, 1.54) is 10.9 Å². The summed E-state index contributed by atoms with van der Waals surface area (Å²) in [5, 5.41) is 4.34. The maximum absolute atomic E-state index is 12.1. The Morgan fingerprint density at radius 1 is 1.73 bits per heavy atom. The van der Waals surface area contributed by atoms with E-state index >= 15 is 0 Å². The maximum Gasteiger partial charge on any atom is 0.211 e. The lowest BCUT2D eigenvalue weighted by Gasteiger charge is -2.13. The van der Waals surface area contributed by atoms with Crippen LogP contribution in [0.5, 0.6) is 0 Å². The molecule has 2 rings (SSSR count). The standard InChI is InChI=1S/C10H13ClN2O2/c1-6-3-4-15-10(6)9(14)8-7(11)5-12-13(8)2/h5-6,10H,3-4H2,1-2H3. The highest BCUT2D eigenvalue weighted by Crippen LogP contribution is 2.26. The normalized spacial score (nSPS) is 25.8. The van der Waals surface area contributed by atoms with Gasteiger partial charge in [-0.05, 0) is 12.3 Å². The van der Waals surface area contributed by atoms with Crippen LogP contribution in [0.1, 0.15) is 23.8 Å². The van der Waals surface area contributed by atoms with Gasteiger partial charge in [-0.1, -0.05) is 18.5 Å². The van der Waals surface area contributed by atoms with E-state index in [9.17, 15) is 4.79 Å². The van der Waals surface area contributed by atoms with Crippen molar-refractivity contribution in [2.75, 3.05) is 6.61 Å². The fourth-order valence-electron chi connectivity index (χ4n) is 1.85. The van der Waals surface area contributed by atoms with Crippen LogP contribution in [-0.2, 0) is 11.8 Å². The molecule has 0 amide bonds. The Bertz CT molecular complexity index is 369. The highest BCUT2D eigenvalue weighted by Gasteiger charge is 2.34. The molecular formula is C10H13ClN2O2. The highest BCUT2D eigenvalue weighted by atomic mass is 35.5. The van der Waals surface area contributed by atoms with Gasteiger partial charge in [0, 0.05) is 13.7 Å². The van der Waals surface area contributed by atoms with Crippen LogP contribution in [0.4, 0.5) is 0 Å². The van der Waals surface area contributed by atoms with Gasteiger partial charge >= 0.3 is 0 Å². The average Bonchev–Trinajstić information content (AvgIpc) is 2.73. The summed E-state index contributed by atoms with van der Waals surface area (Å²) in [5.74, 6) is 0.188. The Balaban J connectivity index is 2.28. The SMILES string of the molecule is CC1CCOC1C(=O)c1c(Cl)cnn1C. The molecule has 1 saturated heterocycles. The summed E-state index contributed by atoms with van der Waals surface area (Å²) in [4.78, 5) is 12.1. The molecular weight excluding hydrogens is 216 g/mol. The first-order chi connectivity index (χ1) is 7.11. The number of ketones is 1. The number of carbonyl (C=O) groups excluding carboxylic acids is 1.